The predicted octanol–water partition coefficient (Wildman–Crippen LogP) is 4.29. The number of piperazine rings is 1. The minimum atomic E-state index is -0.0391. The molecule has 142 valence electrons. The number of nitrogens with zero attached hydrogens (tertiary/aromatic N) is 3. The van der Waals surface area contributed by atoms with E-state index < -0.39 is 0 Å². The maximum Gasteiger partial charge on any atom is 0.321 e. The third-order valence-electron chi connectivity index (χ3n) is 5.35. The summed E-state index contributed by atoms with van der Waals surface area (Å²) in [5.41, 5.74) is 3.12. The number of amides is 2. The summed E-state index contributed by atoms with van der Waals surface area (Å²) in [5, 5.41) is 3.78. The smallest absolute Gasteiger partial charge is 0.321 e. The zero-order chi connectivity index (χ0) is 18.6. The Morgan fingerprint density at radius 1 is 0.815 bits per heavy atom. The van der Waals surface area contributed by atoms with Gasteiger partial charge in [-0.1, -0.05) is 23.7 Å². The molecule has 0 spiro atoms. The molecule has 0 aliphatic carbocycles. The number of benzene rings is 2. The topological polar surface area (TPSA) is 38.8 Å². The number of carbonyl (C=O) groups is 1. The van der Waals surface area contributed by atoms with Crippen LogP contribution in [0.4, 0.5) is 21.9 Å². The Hall–Kier alpha value is -2.40. The monoisotopic (exact) mass is 384 g/mol. The van der Waals surface area contributed by atoms with Crippen LogP contribution >= 0.6 is 11.6 Å². The fourth-order valence-electron chi connectivity index (χ4n) is 3.79. The molecular weight excluding hydrogens is 360 g/mol. The maximum atomic E-state index is 12.6. The Bertz CT molecular complexity index is 781. The highest BCUT2D eigenvalue weighted by Gasteiger charge is 2.22. The molecule has 5 nitrogen and oxygen atoms in total. The Morgan fingerprint density at radius 3 is 2.15 bits per heavy atom. The fourth-order valence-corrected chi connectivity index (χ4v) is 4.05. The number of halogens is 1. The van der Waals surface area contributed by atoms with Gasteiger partial charge in [-0.25, -0.2) is 4.79 Å². The van der Waals surface area contributed by atoms with Crippen LogP contribution in [0.2, 0.25) is 5.02 Å². The first-order valence-electron chi connectivity index (χ1n) is 9.61. The fraction of sp³-hybridized carbons (Fsp3) is 0.381. The average Bonchev–Trinajstić information content (AvgIpc) is 3.24. The number of anilines is 3. The van der Waals surface area contributed by atoms with Gasteiger partial charge in [0.15, 0.2) is 0 Å². The summed E-state index contributed by atoms with van der Waals surface area (Å²) in [4.78, 5) is 19.1. The Morgan fingerprint density at radius 2 is 1.48 bits per heavy atom. The van der Waals surface area contributed by atoms with Gasteiger partial charge in [0, 0.05) is 50.6 Å². The van der Waals surface area contributed by atoms with Crippen molar-refractivity contribution >= 4 is 34.7 Å². The summed E-state index contributed by atoms with van der Waals surface area (Å²) in [6.07, 6.45) is 2.53. The van der Waals surface area contributed by atoms with Gasteiger partial charge in [-0.3, -0.25) is 0 Å². The molecular formula is C21H25ClN4O. The second-order valence-electron chi connectivity index (χ2n) is 7.10. The Labute approximate surface area is 165 Å². The van der Waals surface area contributed by atoms with E-state index in [0.29, 0.717) is 13.1 Å². The first-order valence-corrected chi connectivity index (χ1v) is 9.99. The lowest BCUT2D eigenvalue weighted by Gasteiger charge is -2.36. The molecule has 2 fully saturated rings. The van der Waals surface area contributed by atoms with Crippen molar-refractivity contribution in [1.82, 2.24) is 4.90 Å². The number of hydrogen-bond acceptors (Lipinski definition) is 3. The SMILES string of the molecule is O=C(Nc1ccc(N2CCCC2)cc1)N1CCN(c2ccccc2Cl)CC1. The van der Waals surface area contributed by atoms with Gasteiger partial charge in [0.1, 0.15) is 0 Å². The van der Waals surface area contributed by atoms with Crippen molar-refractivity contribution in [2.24, 2.45) is 0 Å². The van der Waals surface area contributed by atoms with Gasteiger partial charge >= 0.3 is 6.03 Å². The van der Waals surface area contributed by atoms with Crippen molar-refractivity contribution in [3.8, 4) is 0 Å². The van der Waals surface area contributed by atoms with Crippen LogP contribution in [-0.4, -0.2) is 50.2 Å². The van der Waals surface area contributed by atoms with E-state index in [1.807, 2.05) is 41.3 Å². The van der Waals surface area contributed by atoms with Crippen molar-refractivity contribution in [2.75, 3.05) is 54.4 Å². The number of para-hydroxylation sites is 1. The Balaban J connectivity index is 1.31. The van der Waals surface area contributed by atoms with E-state index in [0.717, 1.165) is 42.6 Å². The summed E-state index contributed by atoms with van der Waals surface area (Å²) in [7, 11) is 0. The molecule has 2 aliphatic rings. The summed E-state index contributed by atoms with van der Waals surface area (Å²) >= 11 is 6.29. The lowest BCUT2D eigenvalue weighted by molar-refractivity contribution is 0.208. The first kappa shape index (κ1) is 18.0. The number of hydrogen-bond donors (Lipinski definition) is 1. The molecule has 2 heterocycles. The van der Waals surface area contributed by atoms with Crippen LogP contribution in [0.25, 0.3) is 0 Å². The molecule has 2 saturated heterocycles. The van der Waals surface area contributed by atoms with Crippen molar-refractivity contribution in [1.29, 1.82) is 0 Å². The van der Waals surface area contributed by atoms with Crippen molar-refractivity contribution in [3.63, 3.8) is 0 Å². The molecule has 2 aromatic rings. The maximum absolute atomic E-state index is 12.6. The molecule has 2 amide bonds. The minimum absolute atomic E-state index is 0.0391. The number of rotatable bonds is 3. The van der Waals surface area contributed by atoms with Gasteiger partial charge in [-0.05, 0) is 49.2 Å². The molecule has 1 N–H and O–H groups in total. The molecule has 0 saturated carbocycles. The van der Waals surface area contributed by atoms with Gasteiger partial charge in [0.2, 0.25) is 0 Å². The molecule has 4 rings (SSSR count). The molecule has 0 radical (unpaired) electrons. The van der Waals surface area contributed by atoms with Crippen molar-refractivity contribution in [2.45, 2.75) is 12.8 Å². The van der Waals surface area contributed by atoms with E-state index in [4.69, 9.17) is 11.6 Å². The zero-order valence-electron chi connectivity index (χ0n) is 15.4. The third kappa shape index (κ3) is 4.14. The highest BCUT2D eigenvalue weighted by molar-refractivity contribution is 6.33. The van der Waals surface area contributed by atoms with Crippen molar-refractivity contribution < 1.29 is 4.79 Å². The average molecular weight is 385 g/mol. The number of carbonyl (C=O) groups excluding carboxylic acids is 1. The third-order valence-corrected chi connectivity index (χ3v) is 5.67. The molecule has 2 aliphatic heterocycles. The first-order chi connectivity index (χ1) is 13.2. The lowest BCUT2D eigenvalue weighted by atomic mass is 10.2. The second-order valence-corrected chi connectivity index (χ2v) is 7.50. The largest absolute Gasteiger partial charge is 0.372 e. The number of urea groups is 1. The van der Waals surface area contributed by atoms with Gasteiger partial charge in [0.25, 0.3) is 0 Å². The lowest BCUT2D eigenvalue weighted by Crippen LogP contribution is -2.50. The highest BCUT2D eigenvalue weighted by Crippen LogP contribution is 2.26. The van der Waals surface area contributed by atoms with E-state index in [1.165, 1.54) is 18.5 Å². The van der Waals surface area contributed by atoms with Crippen molar-refractivity contribution in [3.05, 3.63) is 53.6 Å². The van der Waals surface area contributed by atoms with Crippen LogP contribution in [0.3, 0.4) is 0 Å². The van der Waals surface area contributed by atoms with Crippen LogP contribution in [0.5, 0.6) is 0 Å². The van der Waals surface area contributed by atoms with E-state index in [-0.39, 0.29) is 6.03 Å². The Kier molecular flexibility index (Phi) is 5.39. The van der Waals surface area contributed by atoms with Crippen LogP contribution < -0.4 is 15.1 Å². The normalized spacial score (nSPS) is 17.3. The summed E-state index contributed by atoms with van der Waals surface area (Å²) < 4.78 is 0. The van der Waals surface area contributed by atoms with E-state index >= 15 is 0 Å². The van der Waals surface area contributed by atoms with E-state index in [9.17, 15) is 4.79 Å². The minimum Gasteiger partial charge on any atom is -0.372 e. The van der Waals surface area contributed by atoms with E-state index in [2.05, 4.69) is 27.2 Å². The van der Waals surface area contributed by atoms with Gasteiger partial charge in [0.05, 0.1) is 10.7 Å². The molecule has 0 aromatic heterocycles. The predicted molar refractivity (Wildman–Crippen MR) is 112 cm³/mol. The van der Waals surface area contributed by atoms with Gasteiger partial charge in [-0.2, -0.15) is 0 Å². The van der Waals surface area contributed by atoms with Gasteiger partial charge < -0.3 is 20.0 Å². The summed E-state index contributed by atoms with van der Waals surface area (Å²) in [6, 6.07) is 16.0. The quantitative estimate of drug-likeness (QED) is 0.857. The van der Waals surface area contributed by atoms with Crippen LogP contribution in [-0.2, 0) is 0 Å². The molecule has 27 heavy (non-hydrogen) atoms. The molecule has 6 heteroatoms. The van der Waals surface area contributed by atoms with E-state index in [1.54, 1.807) is 0 Å². The number of nitrogens with one attached hydrogen (secondary N) is 1. The highest BCUT2D eigenvalue weighted by atomic mass is 35.5. The summed E-state index contributed by atoms with van der Waals surface area (Å²) in [5.74, 6) is 0. The molecule has 0 atom stereocenters. The zero-order valence-corrected chi connectivity index (χ0v) is 16.2. The second kappa shape index (κ2) is 8.09. The molecule has 2 aromatic carbocycles. The van der Waals surface area contributed by atoms with Crippen LogP contribution in [0, 0.1) is 0 Å². The van der Waals surface area contributed by atoms with Gasteiger partial charge in [-0.15, -0.1) is 0 Å². The summed E-state index contributed by atoms with van der Waals surface area (Å²) in [6.45, 7) is 5.19. The molecule has 0 bridgehead atoms. The van der Waals surface area contributed by atoms with Crippen LogP contribution in [0.15, 0.2) is 48.5 Å². The standard InChI is InChI=1S/C21H25ClN4O/c22-19-5-1-2-6-20(19)25-13-15-26(16-14-25)21(27)23-17-7-9-18(10-8-17)24-11-3-4-12-24/h1-2,5-10H,3-4,11-16H2,(H,23,27). The van der Waals surface area contributed by atoms with Crippen LogP contribution in [0.1, 0.15) is 12.8 Å². The molecule has 0 unspecified atom stereocenters.